The van der Waals surface area contributed by atoms with Gasteiger partial charge in [-0.1, -0.05) is 0 Å². The largest absolute Gasteiger partial charge is 0.392 e. The first kappa shape index (κ1) is 13.6. The zero-order valence-electron chi connectivity index (χ0n) is 10.6. The summed E-state index contributed by atoms with van der Waals surface area (Å²) in [6, 6.07) is 1.75. The lowest BCUT2D eigenvalue weighted by molar-refractivity contribution is -0.0904. The summed E-state index contributed by atoms with van der Waals surface area (Å²) in [6.45, 7) is -0.667. The van der Waals surface area contributed by atoms with Crippen molar-refractivity contribution < 1.29 is 19.3 Å². The van der Waals surface area contributed by atoms with E-state index in [1.807, 2.05) is 0 Å². The Morgan fingerprint density at radius 3 is 3.00 bits per heavy atom. The summed E-state index contributed by atoms with van der Waals surface area (Å²) in [6.07, 6.45) is -1.72. The molecule has 1 saturated heterocycles. The summed E-state index contributed by atoms with van der Waals surface area (Å²) in [5.41, 5.74) is 4.10. The Morgan fingerprint density at radius 1 is 1.62 bits per heavy atom. The van der Waals surface area contributed by atoms with Crippen molar-refractivity contribution in [3.63, 3.8) is 0 Å². The van der Waals surface area contributed by atoms with Crippen molar-refractivity contribution in [2.24, 2.45) is 0 Å². The molecule has 110 valence electrons. The van der Waals surface area contributed by atoms with Crippen molar-refractivity contribution in [2.75, 3.05) is 12.3 Å². The first-order chi connectivity index (χ1) is 10.0. The van der Waals surface area contributed by atoms with Gasteiger partial charge in [-0.25, -0.2) is 4.98 Å². The van der Waals surface area contributed by atoms with Gasteiger partial charge in [-0.2, -0.15) is 19.6 Å². The molecule has 0 aliphatic carbocycles. The van der Waals surface area contributed by atoms with E-state index in [-0.39, 0.29) is 23.4 Å². The third kappa shape index (κ3) is 1.90. The molecule has 2 aromatic rings. The lowest BCUT2D eigenvalue weighted by Gasteiger charge is -2.21. The lowest BCUT2D eigenvalue weighted by atomic mass is 10.00. The molecular formula is C11H11FN6O3. The number of rotatable bonds is 2. The lowest BCUT2D eigenvalue weighted by Crippen LogP contribution is -2.41. The molecule has 3 heterocycles. The van der Waals surface area contributed by atoms with E-state index < -0.39 is 30.6 Å². The number of aliphatic hydroxyl groups excluding tert-OH is 2. The highest BCUT2D eigenvalue weighted by molar-refractivity contribution is 5.81. The number of ether oxygens (including phenoxy) is 1. The Labute approximate surface area is 117 Å². The zero-order chi connectivity index (χ0) is 15.2. The monoisotopic (exact) mass is 294 g/mol. The number of nitrogen functional groups attached to an aromatic ring is 1. The first-order valence-corrected chi connectivity index (χ1v) is 6.04. The van der Waals surface area contributed by atoms with E-state index in [0.717, 1.165) is 0 Å². The Kier molecular flexibility index (Phi) is 2.98. The fourth-order valence-corrected chi connectivity index (χ4v) is 2.32. The van der Waals surface area contributed by atoms with Crippen molar-refractivity contribution in [1.29, 1.82) is 5.26 Å². The van der Waals surface area contributed by atoms with Crippen LogP contribution in [0.5, 0.6) is 0 Å². The predicted octanol–water partition coefficient (Wildman–Crippen LogP) is -0.918. The van der Waals surface area contributed by atoms with Gasteiger partial charge in [-0.05, 0) is 0 Å². The van der Waals surface area contributed by atoms with Gasteiger partial charge >= 0.3 is 6.08 Å². The van der Waals surface area contributed by atoms with E-state index in [2.05, 4.69) is 15.0 Å². The number of nitrogens with two attached hydrogens (primary N) is 1. The van der Waals surface area contributed by atoms with Crippen LogP contribution in [-0.2, 0) is 4.74 Å². The van der Waals surface area contributed by atoms with Crippen molar-refractivity contribution >= 4 is 17.0 Å². The van der Waals surface area contributed by atoms with Crippen LogP contribution in [-0.4, -0.2) is 48.0 Å². The molecule has 0 saturated carbocycles. The fourth-order valence-electron chi connectivity index (χ4n) is 2.32. The van der Waals surface area contributed by atoms with Gasteiger partial charge in [0.05, 0.1) is 12.9 Å². The number of imidazole rings is 1. The summed E-state index contributed by atoms with van der Waals surface area (Å²) >= 11 is 0. The molecular weight excluding hydrogens is 283 g/mol. The van der Waals surface area contributed by atoms with Gasteiger partial charge in [0.2, 0.25) is 5.60 Å². The molecule has 3 rings (SSSR count). The SMILES string of the molecule is N#C[C@]1(CO)OC(n2cnc3c(N)nc(F)nc32)C[C@@H]1O. The maximum Gasteiger partial charge on any atom is 0.312 e. The minimum absolute atomic E-state index is 0.0190. The number of fused-ring (bicyclic) bond motifs is 1. The van der Waals surface area contributed by atoms with Crippen molar-refractivity contribution in [1.82, 2.24) is 19.5 Å². The predicted molar refractivity (Wildman–Crippen MR) is 65.9 cm³/mol. The Balaban J connectivity index is 2.05. The van der Waals surface area contributed by atoms with Gasteiger partial charge in [0.1, 0.15) is 18.4 Å². The molecule has 0 amide bonds. The van der Waals surface area contributed by atoms with E-state index in [1.165, 1.54) is 10.9 Å². The van der Waals surface area contributed by atoms with Gasteiger partial charge in [-0.15, -0.1) is 0 Å². The fraction of sp³-hybridized carbons (Fsp3) is 0.455. The summed E-state index contributed by atoms with van der Waals surface area (Å²) in [5.74, 6) is -0.122. The van der Waals surface area contributed by atoms with Crippen LogP contribution in [0.25, 0.3) is 11.2 Å². The van der Waals surface area contributed by atoms with Crippen LogP contribution in [0.1, 0.15) is 12.6 Å². The topological polar surface area (TPSA) is 143 Å². The third-order valence-corrected chi connectivity index (χ3v) is 3.47. The number of nitrogens with zero attached hydrogens (tertiary/aromatic N) is 5. The molecule has 1 unspecified atom stereocenters. The standard InChI is InChI=1S/C11H11FN6O3/c12-10-16-8(14)7-9(17-10)18(4-15-7)6-1-5(20)11(2-13,3-19)21-6/h4-6,19-20H,1,3H2,(H2,14,16,17)/t5-,6?,11+/m0/s1. The van der Waals surface area contributed by atoms with Crippen LogP contribution in [0.2, 0.25) is 0 Å². The quantitative estimate of drug-likeness (QED) is 0.603. The highest BCUT2D eigenvalue weighted by atomic mass is 19.1. The first-order valence-electron chi connectivity index (χ1n) is 6.04. The molecule has 21 heavy (non-hydrogen) atoms. The zero-order valence-corrected chi connectivity index (χ0v) is 10.6. The number of hydrogen-bond donors (Lipinski definition) is 3. The number of anilines is 1. The average molecular weight is 294 g/mol. The highest BCUT2D eigenvalue weighted by Gasteiger charge is 2.49. The molecule has 0 bridgehead atoms. The minimum atomic E-state index is -1.72. The maximum atomic E-state index is 13.3. The Bertz CT molecular complexity index is 743. The van der Waals surface area contributed by atoms with Crippen molar-refractivity contribution in [3.8, 4) is 6.07 Å². The van der Waals surface area contributed by atoms with Crippen molar-refractivity contribution in [3.05, 3.63) is 12.4 Å². The van der Waals surface area contributed by atoms with Crippen LogP contribution < -0.4 is 5.73 Å². The van der Waals surface area contributed by atoms with Crippen LogP contribution >= 0.6 is 0 Å². The van der Waals surface area contributed by atoms with E-state index in [9.17, 15) is 14.6 Å². The number of aromatic nitrogens is 4. The molecule has 1 aliphatic rings. The molecule has 4 N–H and O–H groups in total. The Morgan fingerprint density at radius 2 is 2.38 bits per heavy atom. The molecule has 3 atom stereocenters. The van der Waals surface area contributed by atoms with E-state index in [1.54, 1.807) is 6.07 Å². The number of aliphatic hydroxyl groups is 2. The van der Waals surface area contributed by atoms with Crippen molar-refractivity contribution in [2.45, 2.75) is 24.4 Å². The van der Waals surface area contributed by atoms with Gasteiger partial charge in [0.15, 0.2) is 17.0 Å². The van der Waals surface area contributed by atoms with E-state index in [4.69, 9.17) is 15.7 Å². The van der Waals surface area contributed by atoms with Crippen LogP contribution in [0, 0.1) is 17.4 Å². The maximum absolute atomic E-state index is 13.3. The van der Waals surface area contributed by atoms with E-state index >= 15 is 0 Å². The van der Waals surface area contributed by atoms with Crippen LogP contribution in [0.15, 0.2) is 6.33 Å². The number of hydrogen-bond acceptors (Lipinski definition) is 8. The molecule has 10 heteroatoms. The molecule has 0 spiro atoms. The van der Waals surface area contributed by atoms with E-state index in [0.29, 0.717) is 0 Å². The summed E-state index contributed by atoms with van der Waals surface area (Å²) in [7, 11) is 0. The second-order valence-electron chi connectivity index (χ2n) is 4.69. The summed E-state index contributed by atoms with van der Waals surface area (Å²) in [4.78, 5) is 10.9. The summed E-state index contributed by atoms with van der Waals surface area (Å²) in [5, 5.41) is 28.3. The smallest absolute Gasteiger partial charge is 0.312 e. The molecule has 9 nitrogen and oxygen atoms in total. The minimum Gasteiger partial charge on any atom is -0.392 e. The summed E-state index contributed by atoms with van der Waals surface area (Å²) < 4.78 is 20.0. The van der Waals surface area contributed by atoms with Gasteiger partial charge in [0.25, 0.3) is 0 Å². The average Bonchev–Trinajstić information content (AvgIpc) is 3.00. The highest BCUT2D eigenvalue weighted by Crippen LogP contribution is 2.37. The van der Waals surface area contributed by atoms with Gasteiger partial charge < -0.3 is 20.7 Å². The number of nitriles is 1. The van der Waals surface area contributed by atoms with Gasteiger partial charge in [-0.3, -0.25) is 4.57 Å². The third-order valence-electron chi connectivity index (χ3n) is 3.47. The molecule has 0 aromatic carbocycles. The van der Waals surface area contributed by atoms with Crippen LogP contribution in [0.4, 0.5) is 10.2 Å². The molecule has 0 radical (unpaired) electrons. The Hall–Kier alpha value is -2.35. The number of halogens is 1. The molecule has 1 aliphatic heterocycles. The van der Waals surface area contributed by atoms with Gasteiger partial charge in [0, 0.05) is 6.42 Å². The second-order valence-corrected chi connectivity index (χ2v) is 4.69. The van der Waals surface area contributed by atoms with Crippen LogP contribution in [0.3, 0.4) is 0 Å². The molecule has 1 fully saturated rings. The molecule has 2 aromatic heterocycles. The normalized spacial score (nSPS) is 28.9. The second kappa shape index (κ2) is 4.59.